The van der Waals surface area contributed by atoms with E-state index >= 15 is 0 Å². The van der Waals surface area contributed by atoms with Crippen LogP contribution in [0.15, 0.2) is 42.7 Å². The molecule has 0 saturated heterocycles. The van der Waals surface area contributed by atoms with E-state index in [2.05, 4.69) is 10.4 Å². The van der Waals surface area contributed by atoms with Crippen molar-refractivity contribution in [3.8, 4) is 11.8 Å². The smallest absolute Gasteiger partial charge is 0.247 e. The number of amides is 1. The summed E-state index contributed by atoms with van der Waals surface area (Å²) in [5.74, 6) is -0.323. The summed E-state index contributed by atoms with van der Waals surface area (Å²) in [5, 5.41) is 16.0. The molecule has 0 fully saturated rings. The number of ether oxygens (including phenoxy) is 1. The predicted octanol–water partition coefficient (Wildman–Crippen LogP) is 1.59. The lowest BCUT2D eigenvalue weighted by molar-refractivity contribution is -0.125. The molecule has 1 N–H and O–H groups in total. The molecule has 1 heterocycles. The number of aromatic nitrogens is 2. The molecular weight excluding hydrogens is 268 g/mol. The van der Waals surface area contributed by atoms with E-state index in [9.17, 15) is 10.1 Å². The summed E-state index contributed by atoms with van der Waals surface area (Å²) < 4.78 is 6.67. The minimum Gasteiger partial charge on any atom is -0.372 e. The van der Waals surface area contributed by atoms with E-state index in [0.29, 0.717) is 12.2 Å². The highest BCUT2D eigenvalue weighted by atomic mass is 16.5. The highest BCUT2D eigenvalue weighted by Crippen LogP contribution is 2.14. The van der Waals surface area contributed by atoms with Crippen molar-refractivity contribution in [1.29, 1.82) is 5.26 Å². The Kier molecular flexibility index (Phi) is 5.07. The Morgan fingerprint density at radius 2 is 2.24 bits per heavy atom. The lowest BCUT2D eigenvalue weighted by atomic mass is 10.2. The second kappa shape index (κ2) is 7.22. The maximum atomic E-state index is 11.6. The molecule has 0 saturated carbocycles. The molecule has 0 unspecified atom stereocenters. The molecule has 21 heavy (non-hydrogen) atoms. The van der Waals surface area contributed by atoms with Gasteiger partial charge in [0.2, 0.25) is 5.91 Å². The van der Waals surface area contributed by atoms with E-state index in [1.54, 1.807) is 24.0 Å². The van der Waals surface area contributed by atoms with Crippen LogP contribution in [0, 0.1) is 11.3 Å². The van der Waals surface area contributed by atoms with Crippen molar-refractivity contribution in [2.75, 3.05) is 13.2 Å². The fourth-order valence-electron chi connectivity index (χ4n) is 1.80. The van der Waals surface area contributed by atoms with E-state index in [1.807, 2.05) is 36.4 Å². The van der Waals surface area contributed by atoms with Gasteiger partial charge in [-0.15, -0.1) is 0 Å². The Morgan fingerprint density at radius 3 is 2.90 bits per heavy atom. The first-order valence-corrected chi connectivity index (χ1v) is 6.61. The SMILES string of the molecule is CCOCC(=O)N[C@@H](C#N)c1cnn(-c2ccccc2)c1. The molecule has 1 aromatic heterocycles. The minimum absolute atomic E-state index is 0.0541. The summed E-state index contributed by atoms with van der Waals surface area (Å²) in [6, 6.07) is 10.9. The van der Waals surface area contributed by atoms with Gasteiger partial charge in [0.15, 0.2) is 0 Å². The maximum Gasteiger partial charge on any atom is 0.247 e. The van der Waals surface area contributed by atoms with Gasteiger partial charge in [-0.05, 0) is 19.1 Å². The monoisotopic (exact) mass is 284 g/mol. The molecule has 0 bridgehead atoms. The zero-order chi connectivity index (χ0) is 15.1. The molecule has 0 radical (unpaired) electrons. The van der Waals surface area contributed by atoms with Crippen molar-refractivity contribution >= 4 is 5.91 Å². The quantitative estimate of drug-likeness (QED) is 0.873. The predicted molar refractivity (Wildman–Crippen MR) is 76.6 cm³/mol. The zero-order valence-corrected chi connectivity index (χ0v) is 11.7. The third kappa shape index (κ3) is 3.91. The van der Waals surface area contributed by atoms with Crippen molar-refractivity contribution in [3.63, 3.8) is 0 Å². The van der Waals surface area contributed by atoms with Crippen LogP contribution in [0.5, 0.6) is 0 Å². The first-order chi connectivity index (χ1) is 10.2. The Labute approximate surface area is 123 Å². The van der Waals surface area contributed by atoms with Crippen LogP contribution in [-0.2, 0) is 9.53 Å². The molecule has 1 amide bonds. The molecule has 2 aromatic rings. The standard InChI is InChI=1S/C15H16N4O2/c1-2-21-11-15(20)18-14(8-16)12-9-17-19(10-12)13-6-4-3-5-7-13/h3-7,9-10,14H,2,11H2,1H3,(H,18,20)/t14-/m0/s1. The van der Waals surface area contributed by atoms with Gasteiger partial charge in [0.25, 0.3) is 0 Å². The Balaban J connectivity index is 2.08. The Hall–Kier alpha value is -2.65. The third-order valence-electron chi connectivity index (χ3n) is 2.83. The molecule has 1 atom stereocenters. The molecule has 0 spiro atoms. The van der Waals surface area contributed by atoms with Gasteiger partial charge in [0.05, 0.1) is 18.0 Å². The number of rotatable bonds is 6. The minimum atomic E-state index is -0.740. The van der Waals surface area contributed by atoms with E-state index in [0.717, 1.165) is 5.69 Å². The van der Waals surface area contributed by atoms with Gasteiger partial charge in [0.1, 0.15) is 12.6 Å². The average molecular weight is 284 g/mol. The van der Waals surface area contributed by atoms with Crippen LogP contribution in [0.1, 0.15) is 18.5 Å². The van der Waals surface area contributed by atoms with Crippen molar-refractivity contribution in [1.82, 2.24) is 15.1 Å². The maximum absolute atomic E-state index is 11.6. The highest BCUT2D eigenvalue weighted by Gasteiger charge is 2.16. The second-order valence-electron chi connectivity index (χ2n) is 4.32. The number of carbonyl (C=O) groups excluding carboxylic acids is 1. The van der Waals surface area contributed by atoms with E-state index < -0.39 is 6.04 Å². The number of benzene rings is 1. The van der Waals surface area contributed by atoms with Gasteiger partial charge in [-0.2, -0.15) is 10.4 Å². The molecule has 0 aliphatic heterocycles. The van der Waals surface area contributed by atoms with Crippen LogP contribution >= 0.6 is 0 Å². The molecule has 108 valence electrons. The zero-order valence-electron chi connectivity index (χ0n) is 11.7. The highest BCUT2D eigenvalue weighted by molar-refractivity contribution is 5.78. The van der Waals surface area contributed by atoms with Gasteiger partial charge < -0.3 is 10.1 Å². The average Bonchev–Trinajstić information content (AvgIpc) is 3.01. The molecule has 1 aromatic carbocycles. The molecule has 6 nitrogen and oxygen atoms in total. The van der Waals surface area contributed by atoms with Gasteiger partial charge in [-0.1, -0.05) is 18.2 Å². The van der Waals surface area contributed by atoms with Crippen LogP contribution in [0.4, 0.5) is 0 Å². The normalized spacial score (nSPS) is 11.6. The van der Waals surface area contributed by atoms with Crippen LogP contribution in [-0.4, -0.2) is 28.9 Å². The second-order valence-corrected chi connectivity index (χ2v) is 4.32. The molecule has 6 heteroatoms. The molecular formula is C15H16N4O2. The summed E-state index contributed by atoms with van der Waals surface area (Å²) in [7, 11) is 0. The van der Waals surface area contributed by atoms with Crippen molar-refractivity contribution in [2.24, 2.45) is 0 Å². The Bertz CT molecular complexity index is 631. The summed E-state index contributed by atoms with van der Waals surface area (Å²) in [6.07, 6.45) is 3.30. The summed E-state index contributed by atoms with van der Waals surface area (Å²) in [5.41, 5.74) is 1.52. The first kappa shape index (κ1) is 14.8. The van der Waals surface area contributed by atoms with Crippen molar-refractivity contribution in [3.05, 3.63) is 48.3 Å². The number of hydrogen-bond donors (Lipinski definition) is 1. The fourth-order valence-corrected chi connectivity index (χ4v) is 1.80. The first-order valence-electron chi connectivity index (χ1n) is 6.61. The lowest BCUT2D eigenvalue weighted by Crippen LogP contribution is -2.30. The topological polar surface area (TPSA) is 79.9 Å². The van der Waals surface area contributed by atoms with Gasteiger partial charge >= 0.3 is 0 Å². The summed E-state index contributed by atoms with van der Waals surface area (Å²) >= 11 is 0. The number of nitrogens with zero attached hydrogens (tertiary/aromatic N) is 3. The lowest BCUT2D eigenvalue weighted by Gasteiger charge is -2.09. The fraction of sp³-hybridized carbons (Fsp3) is 0.267. The summed E-state index contributed by atoms with van der Waals surface area (Å²) in [4.78, 5) is 11.6. The molecule has 0 aliphatic carbocycles. The van der Waals surface area contributed by atoms with Gasteiger partial charge in [-0.25, -0.2) is 4.68 Å². The van der Waals surface area contributed by atoms with Crippen LogP contribution in [0.25, 0.3) is 5.69 Å². The van der Waals surface area contributed by atoms with Crippen LogP contribution in [0.2, 0.25) is 0 Å². The van der Waals surface area contributed by atoms with E-state index in [4.69, 9.17) is 4.74 Å². The van der Waals surface area contributed by atoms with Gasteiger partial charge in [-0.3, -0.25) is 4.79 Å². The van der Waals surface area contributed by atoms with E-state index in [1.165, 1.54) is 0 Å². The van der Waals surface area contributed by atoms with Crippen LogP contribution in [0.3, 0.4) is 0 Å². The van der Waals surface area contributed by atoms with Gasteiger partial charge in [0, 0.05) is 18.4 Å². The third-order valence-corrected chi connectivity index (χ3v) is 2.83. The molecule has 2 rings (SSSR count). The number of para-hydroxylation sites is 1. The largest absolute Gasteiger partial charge is 0.372 e. The van der Waals surface area contributed by atoms with Crippen molar-refractivity contribution in [2.45, 2.75) is 13.0 Å². The molecule has 0 aliphatic rings. The van der Waals surface area contributed by atoms with Crippen LogP contribution < -0.4 is 5.32 Å². The summed E-state index contributed by atoms with van der Waals surface area (Å²) in [6.45, 7) is 2.21. The number of nitriles is 1. The van der Waals surface area contributed by atoms with E-state index in [-0.39, 0.29) is 12.5 Å². The Morgan fingerprint density at radius 1 is 1.48 bits per heavy atom. The number of hydrogen-bond acceptors (Lipinski definition) is 4. The number of nitrogens with one attached hydrogen (secondary N) is 1. The number of carbonyl (C=O) groups is 1. The van der Waals surface area contributed by atoms with Crippen molar-refractivity contribution < 1.29 is 9.53 Å².